The first-order valence-electron chi connectivity index (χ1n) is 3.46. The summed E-state index contributed by atoms with van der Waals surface area (Å²) in [5.41, 5.74) is 0. The highest BCUT2D eigenvalue weighted by molar-refractivity contribution is 9.10. The zero-order valence-electron chi connectivity index (χ0n) is 7.39. The van der Waals surface area contributed by atoms with Gasteiger partial charge in [-0.15, -0.1) is 0 Å². The average Bonchev–Trinajstić information content (AvgIpc) is 2.08. The van der Waals surface area contributed by atoms with Crippen LogP contribution in [0.3, 0.4) is 0 Å². The molecule has 0 aromatic heterocycles. The summed E-state index contributed by atoms with van der Waals surface area (Å²) in [7, 11) is 2.44. The second-order valence-corrected chi connectivity index (χ2v) is 7.17. The minimum atomic E-state index is -2.40. The Morgan fingerprint density at radius 2 is 1.55 bits per heavy atom. The van der Waals surface area contributed by atoms with E-state index in [2.05, 4.69) is 22.9 Å². The maximum atomic E-state index is 5.24. The van der Waals surface area contributed by atoms with Crippen LogP contribution in [-0.4, -0.2) is 34.6 Å². The minimum absolute atomic E-state index is 0.176. The van der Waals surface area contributed by atoms with E-state index in [-0.39, 0.29) is 4.45 Å². The molecule has 0 fully saturated rings. The molecule has 1 atom stereocenters. The monoisotopic (exact) mass is 242 g/mol. The second kappa shape index (κ2) is 5.26. The molecule has 0 aliphatic heterocycles. The molecular weight excluding hydrogens is 228 g/mol. The highest BCUT2D eigenvalue weighted by Crippen LogP contribution is 2.21. The molecule has 0 aliphatic rings. The van der Waals surface area contributed by atoms with Crippen LogP contribution in [0.15, 0.2) is 0 Å². The molecule has 0 saturated carbocycles. The first kappa shape index (κ1) is 11.6. The van der Waals surface area contributed by atoms with E-state index in [0.29, 0.717) is 0 Å². The van der Waals surface area contributed by atoms with Gasteiger partial charge in [0.2, 0.25) is 0 Å². The maximum absolute atomic E-state index is 5.24. The zero-order chi connectivity index (χ0) is 8.91. The summed E-state index contributed by atoms with van der Waals surface area (Å²) in [5, 5.41) is 0. The Kier molecular flexibility index (Phi) is 5.54. The van der Waals surface area contributed by atoms with Crippen molar-refractivity contribution in [2.45, 2.75) is 17.8 Å². The fourth-order valence-electron chi connectivity index (χ4n) is 0.884. The Balaban J connectivity index is 4.26. The number of hydrogen-bond acceptors (Lipinski definition) is 3. The van der Waals surface area contributed by atoms with Crippen LogP contribution in [0, 0.1) is 0 Å². The van der Waals surface area contributed by atoms with Crippen LogP contribution in [0.25, 0.3) is 0 Å². The van der Waals surface area contributed by atoms with Crippen molar-refractivity contribution in [3.63, 3.8) is 0 Å². The molecule has 0 spiro atoms. The highest BCUT2D eigenvalue weighted by atomic mass is 79.9. The number of halogens is 1. The van der Waals surface area contributed by atoms with Crippen LogP contribution < -0.4 is 0 Å². The third-order valence-electron chi connectivity index (χ3n) is 1.60. The molecule has 0 heterocycles. The average molecular weight is 243 g/mol. The van der Waals surface area contributed by atoms with Crippen molar-refractivity contribution in [3.8, 4) is 0 Å². The van der Waals surface area contributed by atoms with E-state index >= 15 is 0 Å². The van der Waals surface area contributed by atoms with E-state index in [4.69, 9.17) is 13.3 Å². The molecule has 0 aliphatic carbocycles. The molecule has 0 N–H and O–H groups in total. The molecule has 1 unspecified atom stereocenters. The summed E-state index contributed by atoms with van der Waals surface area (Å²) in [4.78, 5) is 0. The van der Waals surface area contributed by atoms with Gasteiger partial charge in [0, 0.05) is 21.3 Å². The molecule has 0 rings (SSSR count). The molecule has 0 radical (unpaired) electrons. The molecule has 0 aromatic carbocycles. The highest BCUT2D eigenvalue weighted by Gasteiger charge is 2.44. The van der Waals surface area contributed by atoms with Crippen molar-refractivity contribution in [2.75, 3.05) is 21.3 Å². The standard InChI is InChI=1S/C6H15BrO3Si/c1-5-6(7)11(8-2,9-3)10-4/h6H,5H2,1-4H3. The van der Waals surface area contributed by atoms with Gasteiger partial charge in [0.1, 0.15) is 0 Å². The largest absolute Gasteiger partial charge is 0.514 e. The summed E-state index contributed by atoms with van der Waals surface area (Å²) in [6, 6.07) is 0. The van der Waals surface area contributed by atoms with E-state index in [1.54, 1.807) is 21.3 Å². The van der Waals surface area contributed by atoms with Gasteiger partial charge < -0.3 is 13.3 Å². The lowest BCUT2D eigenvalue weighted by Crippen LogP contribution is -2.51. The normalized spacial score (nSPS) is 15.0. The Morgan fingerprint density at radius 3 is 1.64 bits per heavy atom. The third-order valence-corrected chi connectivity index (χ3v) is 6.81. The van der Waals surface area contributed by atoms with Crippen LogP contribution in [0.1, 0.15) is 13.3 Å². The first-order valence-corrected chi connectivity index (χ1v) is 6.18. The summed E-state index contributed by atoms with van der Waals surface area (Å²) >= 11 is 3.47. The Bertz CT molecular complexity index is 99.7. The second-order valence-electron chi connectivity index (χ2n) is 2.09. The smallest absolute Gasteiger partial charge is 0.376 e. The summed E-state index contributed by atoms with van der Waals surface area (Å²) in [6.07, 6.45) is 0.932. The lowest BCUT2D eigenvalue weighted by Gasteiger charge is -2.27. The predicted molar refractivity (Wildman–Crippen MR) is 49.8 cm³/mol. The molecule has 3 nitrogen and oxygen atoms in total. The van der Waals surface area contributed by atoms with E-state index in [1.807, 2.05) is 0 Å². The van der Waals surface area contributed by atoms with Crippen LogP contribution in [0.4, 0.5) is 0 Å². The molecule has 11 heavy (non-hydrogen) atoms. The van der Waals surface area contributed by atoms with E-state index in [0.717, 1.165) is 6.42 Å². The van der Waals surface area contributed by atoms with Gasteiger partial charge >= 0.3 is 8.80 Å². The zero-order valence-corrected chi connectivity index (χ0v) is 9.97. The fourth-order valence-corrected chi connectivity index (χ4v) is 4.33. The van der Waals surface area contributed by atoms with Gasteiger partial charge in [-0.2, -0.15) is 0 Å². The number of rotatable bonds is 5. The van der Waals surface area contributed by atoms with E-state index in [1.165, 1.54) is 0 Å². The van der Waals surface area contributed by atoms with Gasteiger partial charge in [-0.25, -0.2) is 0 Å². The fraction of sp³-hybridized carbons (Fsp3) is 1.00. The van der Waals surface area contributed by atoms with Crippen molar-refractivity contribution >= 4 is 24.7 Å². The number of hydrogen-bond donors (Lipinski definition) is 0. The SMILES string of the molecule is CCC(Br)[Si](OC)(OC)OC. The molecular formula is C6H15BrO3Si. The van der Waals surface area contributed by atoms with Gasteiger partial charge in [-0.05, 0) is 6.42 Å². The maximum Gasteiger partial charge on any atom is 0.514 e. The molecule has 0 amide bonds. The van der Waals surface area contributed by atoms with Crippen LogP contribution in [-0.2, 0) is 13.3 Å². The van der Waals surface area contributed by atoms with Crippen molar-refractivity contribution < 1.29 is 13.3 Å². The van der Waals surface area contributed by atoms with E-state index in [9.17, 15) is 0 Å². The molecule has 5 heteroatoms. The van der Waals surface area contributed by atoms with Crippen LogP contribution >= 0.6 is 15.9 Å². The molecule has 0 saturated heterocycles. The first-order chi connectivity index (χ1) is 5.16. The molecule has 68 valence electrons. The Labute approximate surface area is 77.5 Å². The van der Waals surface area contributed by atoms with Crippen LogP contribution in [0.5, 0.6) is 0 Å². The van der Waals surface area contributed by atoms with Crippen molar-refractivity contribution in [3.05, 3.63) is 0 Å². The lowest BCUT2D eigenvalue weighted by atomic mass is 10.6. The lowest BCUT2D eigenvalue weighted by molar-refractivity contribution is 0.122. The quantitative estimate of drug-likeness (QED) is 0.542. The van der Waals surface area contributed by atoms with E-state index < -0.39 is 8.80 Å². The van der Waals surface area contributed by atoms with Crippen LogP contribution in [0.2, 0.25) is 0 Å². The topological polar surface area (TPSA) is 27.7 Å². The van der Waals surface area contributed by atoms with Gasteiger partial charge in [0.05, 0.1) is 4.45 Å². The van der Waals surface area contributed by atoms with Crippen molar-refractivity contribution in [1.82, 2.24) is 0 Å². The predicted octanol–water partition coefficient (Wildman–Crippen LogP) is 1.58. The Hall–Kier alpha value is 0.577. The summed E-state index contributed by atoms with van der Waals surface area (Å²) < 4.78 is 15.9. The third kappa shape index (κ3) is 2.52. The minimum Gasteiger partial charge on any atom is -0.376 e. The molecule has 0 aromatic rings. The Morgan fingerprint density at radius 1 is 1.18 bits per heavy atom. The number of alkyl halides is 1. The van der Waals surface area contributed by atoms with Gasteiger partial charge in [0.25, 0.3) is 0 Å². The van der Waals surface area contributed by atoms with Gasteiger partial charge in [-0.3, -0.25) is 0 Å². The van der Waals surface area contributed by atoms with Crippen molar-refractivity contribution in [2.24, 2.45) is 0 Å². The van der Waals surface area contributed by atoms with Gasteiger partial charge in [0.15, 0.2) is 0 Å². The summed E-state index contributed by atoms with van der Waals surface area (Å²) in [5.74, 6) is 0. The van der Waals surface area contributed by atoms with Gasteiger partial charge in [-0.1, -0.05) is 22.9 Å². The van der Waals surface area contributed by atoms with Crippen molar-refractivity contribution in [1.29, 1.82) is 0 Å². The molecule has 0 bridgehead atoms. The summed E-state index contributed by atoms with van der Waals surface area (Å²) in [6.45, 7) is 2.05.